The molecular formula is C22H27N3O4S. The highest BCUT2D eigenvalue weighted by atomic mass is 32.2. The van der Waals surface area contributed by atoms with Crippen molar-refractivity contribution >= 4 is 21.5 Å². The van der Waals surface area contributed by atoms with Crippen LogP contribution in [0, 0.1) is 0 Å². The molecular weight excluding hydrogens is 402 g/mol. The van der Waals surface area contributed by atoms with Gasteiger partial charge >= 0.3 is 0 Å². The van der Waals surface area contributed by atoms with Crippen LogP contribution in [0.2, 0.25) is 0 Å². The summed E-state index contributed by atoms with van der Waals surface area (Å²) >= 11 is 0. The van der Waals surface area contributed by atoms with E-state index >= 15 is 0 Å². The van der Waals surface area contributed by atoms with Gasteiger partial charge < -0.3 is 9.84 Å². The molecule has 4 rings (SSSR count). The molecule has 1 saturated carbocycles. The molecule has 30 heavy (non-hydrogen) atoms. The van der Waals surface area contributed by atoms with Gasteiger partial charge in [-0.05, 0) is 57.2 Å². The van der Waals surface area contributed by atoms with Crippen molar-refractivity contribution in [3.63, 3.8) is 0 Å². The largest absolute Gasteiger partial charge is 0.360 e. The lowest BCUT2D eigenvalue weighted by Crippen LogP contribution is -2.50. The number of aromatic nitrogens is 1. The quantitative estimate of drug-likeness (QED) is 0.758. The maximum absolute atomic E-state index is 13.1. The normalized spacial score (nSPS) is 22.6. The molecule has 0 spiro atoms. The lowest BCUT2D eigenvalue weighted by Gasteiger charge is -2.36. The van der Waals surface area contributed by atoms with Gasteiger partial charge in [-0.3, -0.25) is 4.79 Å². The average Bonchev–Trinajstić information content (AvgIpc) is 3.44. The van der Waals surface area contributed by atoms with Gasteiger partial charge in [0, 0.05) is 30.6 Å². The summed E-state index contributed by atoms with van der Waals surface area (Å²) in [7, 11) is -3.59. The molecule has 1 aromatic carbocycles. The predicted molar refractivity (Wildman–Crippen MR) is 113 cm³/mol. The van der Waals surface area contributed by atoms with Crippen molar-refractivity contribution in [1.29, 1.82) is 0 Å². The van der Waals surface area contributed by atoms with Crippen LogP contribution >= 0.6 is 0 Å². The van der Waals surface area contributed by atoms with E-state index in [9.17, 15) is 13.2 Å². The molecule has 1 aromatic heterocycles. The van der Waals surface area contributed by atoms with Gasteiger partial charge in [-0.15, -0.1) is 0 Å². The van der Waals surface area contributed by atoms with Gasteiger partial charge in [-0.1, -0.05) is 29.4 Å². The van der Waals surface area contributed by atoms with Gasteiger partial charge in [0.1, 0.15) is 5.76 Å². The third-order valence-electron chi connectivity index (χ3n) is 5.84. The van der Waals surface area contributed by atoms with Crippen LogP contribution in [0.4, 0.5) is 0 Å². The van der Waals surface area contributed by atoms with Crippen LogP contribution in [0.3, 0.4) is 0 Å². The van der Waals surface area contributed by atoms with Crippen LogP contribution in [0.1, 0.15) is 67.3 Å². The molecule has 1 amide bonds. The number of carbonyl (C=O) groups is 1. The maximum Gasteiger partial charge on any atom is 0.273 e. The number of sulfonamides is 1. The molecule has 2 fully saturated rings. The van der Waals surface area contributed by atoms with E-state index < -0.39 is 10.0 Å². The molecule has 0 unspecified atom stereocenters. The Hall–Kier alpha value is -2.45. The standard InChI is InChI=1S/C22H27N3O4S/c1-14(2)16-6-8-19(9-7-16)30(27,28)25-11-10-18(12-15(25)3)23-22(26)20-13-21(29-24-20)17-4-5-17/h6-9,13,15,17-18H,1,4-5,10-12H2,2-3H3,(H,23,26)/t15-,18-/m0/s1. The van der Waals surface area contributed by atoms with Gasteiger partial charge in [0.15, 0.2) is 5.69 Å². The number of carbonyl (C=O) groups excluding carboxylic acids is 1. The van der Waals surface area contributed by atoms with Crippen LogP contribution in [0.25, 0.3) is 5.57 Å². The van der Waals surface area contributed by atoms with Crippen molar-refractivity contribution in [2.75, 3.05) is 6.54 Å². The number of amides is 1. The zero-order valence-electron chi connectivity index (χ0n) is 17.3. The Morgan fingerprint density at radius 3 is 2.53 bits per heavy atom. The van der Waals surface area contributed by atoms with Crippen molar-refractivity contribution in [2.45, 2.75) is 62.4 Å². The highest BCUT2D eigenvalue weighted by Crippen LogP contribution is 2.40. The van der Waals surface area contributed by atoms with Crippen LogP contribution in [0.5, 0.6) is 0 Å². The van der Waals surface area contributed by atoms with E-state index in [1.54, 1.807) is 30.3 Å². The first kappa shape index (κ1) is 20.8. The minimum Gasteiger partial charge on any atom is -0.360 e. The smallest absolute Gasteiger partial charge is 0.273 e. The van der Waals surface area contributed by atoms with Crippen LogP contribution in [-0.2, 0) is 10.0 Å². The van der Waals surface area contributed by atoms with E-state index in [-0.39, 0.29) is 28.6 Å². The second-order valence-electron chi connectivity index (χ2n) is 8.35. The van der Waals surface area contributed by atoms with Crippen LogP contribution in [-0.4, -0.2) is 42.4 Å². The molecule has 7 nitrogen and oxygen atoms in total. The number of rotatable bonds is 6. The van der Waals surface area contributed by atoms with Gasteiger partial charge in [-0.2, -0.15) is 4.31 Å². The zero-order valence-corrected chi connectivity index (χ0v) is 18.1. The van der Waals surface area contributed by atoms with Crippen LogP contribution < -0.4 is 5.32 Å². The summed E-state index contributed by atoms with van der Waals surface area (Å²) in [6, 6.07) is 8.19. The number of nitrogens with zero attached hydrogens (tertiary/aromatic N) is 2. The van der Waals surface area contributed by atoms with Gasteiger partial charge in [0.2, 0.25) is 10.0 Å². The fourth-order valence-corrected chi connectivity index (χ4v) is 5.56. The maximum atomic E-state index is 13.1. The lowest BCUT2D eigenvalue weighted by molar-refractivity contribution is 0.0905. The van der Waals surface area contributed by atoms with Crippen molar-refractivity contribution in [3.8, 4) is 0 Å². The highest BCUT2D eigenvalue weighted by molar-refractivity contribution is 7.89. The first-order valence-corrected chi connectivity index (χ1v) is 11.7. The first-order valence-electron chi connectivity index (χ1n) is 10.3. The van der Waals surface area contributed by atoms with E-state index in [1.165, 1.54) is 4.31 Å². The number of allylic oxidation sites excluding steroid dienone is 1. The molecule has 2 aromatic rings. The Labute approximate surface area is 177 Å². The van der Waals surface area contributed by atoms with Crippen molar-refractivity contribution < 1.29 is 17.7 Å². The molecule has 8 heteroatoms. The monoisotopic (exact) mass is 429 g/mol. The van der Waals surface area contributed by atoms with E-state index in [1.807, 2.05) is 13.8 Å². The SMILES string of the molecule is C=C(C)c1ccc(S(=O)(=O)N2CC[C@H](NC(=O)c3cc(C4CC4)on3)C[C@@H]2C)cc1. The lowest BCUT2D eigenvalue weighted by atomic mass is 10.0. The fraction of sp³-hybridized carbons (Fsp3) is 0.455. The minimum atomic E-state index is -3.59. The molecule has 2 heterocycles. The molecule has 160 valence electrons. The van der Waals surface area contributed by atoms with E-state index in [4.69, 9.17) is 4.52 Å². The third kappa shape index (κ3) is 4.20. The van der Waals surface area contributed by atoms with E-state index in [2.05, 4.69) is 17.1 Å². The Bertz CT molecular complexity index is 1050. The molecule has 2 atom stereocenters. The number of hydrogen-bond acceptors (Lipinski definition) is 5. The second-order valence-corrected chi connectivity index (χ2v) is 10.2. The van der Waals surface area contributed by atoms with Gasteiger partial charge in [0.25, 0.3) is 5.91 Å². The molecule has 1 aliphatic heterocycles. The minimum absolute atomic E-state index is 0.106. The summed E-state index contributed by atoms with van der Waals surface area (Å²) in [5, 5.41) is 6.85. The summed E-state index contributed by atoms with van der Waals surface area (Å²) in [6.07, 6.45) is 3.25. The molecule has 1 aliphatic carbocycles. The number of nitrogens with one attached hydrogen (secondary N) is 1. The summed E-state index contributed by atoms with van der Waals surface area (Å²) in [4.78, 5) is 12.8. The Kier molecular flexibility index (Phi) is 5.55. The van der Waals surface area contributed by atoms with Gasteiger partial charge in [0.05, 0.1) is 4.90 Å². The molecule has 2 aliphatic rings. The van der Waals surface area contributed by atoms with Crippen molar-refractivity contribution in [3.05, 3.63) is 53.9 Å². The molecule has 0 radical (unpaired) electrons. The Morgan fingerprint density at radius 1 is 1.23 bits per heavy atom. The number of hydrogen-bond donors (Lipinski definition) is 1. The molecule has 0 bridgehead atoms. The third-order valence-corrected chi connectivity index (χ3v) is 7.87. The second kappa shape index (κ2) is 8.00. The van der Waals surface area contributed by atoms with Crippen LogP contribution in [0.15, 0.2) is 46.3 Å². The van der Waals surface area contributed by atoms with Crippen molar-refractivity contribution in [2.24, 2.45) is 0 Å². The molecule has 1 N–H and O–H groups in total. The number of piperidine rings is 1. The summed E-state index contributed by atoms with van der Waals surface area (Å²) in [5.74, 6) is 0.901. The first-order chi connectivity index (χ1) is 14.3. The van der Waals surface area contributed by atoms with Gasteiger partial charge in [-0.25, -0.2) is 8.42 Å². The topological polar surface area (TPSA) is 92.5 Å². The van der Waals surface area contributed by atoms with Crippen molar-refractivity contribution in [1.82, 2.24) is 14.8 Å². The summed E-state index contributed by atoms with van der Waals surface area (Å²) in [5.41, 5.74) is 2.10. The zero-order chi connectivity index (χ0) is 21.5. The van der Waals surface area contributed by atoms with E-state index in [0.29, 0.717) is 25.3 Å². The Balaban J connectivity index is 1.39. The number of benzene rings is 1. The summed E-state index contributed by atoms with van der Waals surface area (Å²) < 4.78 is 33.0. The van der Waals surface area contributed by atoms with E-state index in [0.717, 1.165) is 29.7 Å². The summed E-state index contributed by atoms with van der Waals surface area (Å²) in [6.45, 7) is 7.99. The highest BCUT2D eigenvalue weighted by Gasteiger charge is 2.35. The fourth-order valence-electron chi connectivity index (χ4n) is 3.90. The Morgan fingerprint density at radius 2 is 1.93 bits per heavy atom. The predicted octanol–water partition coefficient (Wildman–Crippen LogP) is 3.56. The average molecular weight is 430 g/mol. The molecule has 1 saturated heterocycles.